The molecule has 1 rings (SSSR count). The molecule has 0 spiro atoms. The van der Waals surface area contributed by atoms with Crippen LogP contribution in [0.1, 0.15) is 6.42 Å². The average Bonchev–Trinajstić information content (AvgIpc) is 1.98. The summed E-state index contributed by atoms with van der Waals surface area (Å²) in [5.74, 6) is 0.130. The monoisotopic (exact) mass is 183 g/mol. The van der Waals surface area contributed by atoms with Gasteiger partial charge in [0, 0.05) is 18.1 Å². The van der Waals surface area contributed by atoms with E-state index in [9.17, 15) is 5.11 Å². The number of rotatable bonds is 0. The molecule has 0 aromatic heterocycles. The molecular formula is C5H7BrLiNO. The minimum Gasteiger partial charge on any atom is -0.860 e. The molecule has 0 atom stereocenters. The molecule has 1 heterocycles. The number of nitrogens with zero attached hydrogens (tertiary/aromatic N) is 1. The minimum absolute atomic E-state index is 0. The molecule has 9 heavy (non-hydrogen) atoms. The van der Waals surface area contributed by atoms with Crippen LogP contribution < -0.4 is 24.0 Å². The Morgan fingerprint density at radius 1 is 1.67 bits per heavy atom. The van der Waals surface area contributed by atoms with Gasteiger partial charge in [-0.15, -0.1) is 0 Å². The number of hydrogen-bond acceptors (Lipinski definition) is 2. The first-order chi connectivity index (χ1) is 3.72. The molecule has 0 amide bonds. The Bertz CT molecular complexity index is 137. The Kier molecular flexibility index (Phi) is 3.72. The third-order valence-corrected chi connectivity index (χ3v) is 1.98. The maximum absolute atomic E-state index is 10.7. The second-order valence-corrected chi connectivity index (χ2v) is 2.84. The average molecular weight is 184 g/mol. The van der Waals surface area contributed by atoms with Crippen LogP contribution in [0.2, 0.25) is 0 Å². The van der Waals surface area contributed by atoms with Crippen molar-refractivity contribution >= 4 is 15.9 Å². The van der Waals surface area contributed by atoms with Gasteiger partial charge in [0.15, 0.2) is 0 Å². The molecular weight excluding hydrogens is 177 g/mol. The van der Waals surface area contributed by atoms with Gasteiger partial charge in [-0.25, -0.2) is 0 Å². The largest absolute Gasteiger partial charge is 1.00 e. The topological polar surface area (TPSA) is 26.3 Å². The maximum Gasteiger partial charge on any atom is 1.00 e. The van der Waals surface area contributed by atoms with Crippen LogP contribution in [0.3, 0.4) is 0 Å². The van der Waals surface area contributed by atoms with E-state index in [-0.39, 0.29) is 24.7 Å². The zero-order chi connectivity index (χ0) is 6.15. The van der Waals surface area contributed by atoms with Gasteiger partial charge in [-0.3, -0.25) is 0 Å². The van der Waals surface area contributed by atoms with Crippen LogP contribution in [-0.4, -0.2) is 18.5 Å². The second kappa shape index (κ2) is 3.55. The molecule has 2 nitrogen and oxygen atoms in total. The van der Waals surface area contributed by atoms with E-state index in [0.717, 1.165) is 17.4 Å². The van der Waals surface area contributed by atoms with Gasteiger partial charge in [0.25, 0.3) is 0 Å². The summed E-state index contributed by atoms with van der Waals surface area (Å²) in [5, 5.41) is 10.7. The Morgan fingerprint density at radius 2 is 2.22 bits per heavy atom. The standard InChI is InChI=1S/C5H8BrNO.Li/c1-7-3-2-4(6)5(7)8;/h8H,2-3H2,1H3;/q;+1/p-1. The summed E-state index contributed by atoms with van der Waals surface area (Å²) in [6.45, 7) is 0.861. The molecule has 0 aromatic rings. The smallest absolute Gasteiger partial charge is 0.860 e. The first-order valence-corrected chi connectivity index (χ1v) is 3.28. The quantitative estimate of drug-likeness (QED) is 0.381. The fourth-order valence-corrected chi connectivity index (χ4v) is 1.16. The van der Waals surface area contributed by atoms with E-state index in [2.05, 4.69) is 15.9 Å². The summed E-state index contributed by atoms with van der Waals surface area (Å²) in [5.41, 5.74) is 0. The van der Waals surface area contributed by atoms with Crippen LogP contribution in [0, 0.1) is 0 Å². The number of hydrogen-bond donors (Lipinski definition) is 0. The molecule has 0 aliphatic carbocycles. The van der Waals surface area contributed by atoms with Crippen LogP contribution in [0.4, 0.5) is 0 Å². The molecule has 0 bridgehead atoms. The fraction of sp³-hybridized carbons (Fsp3) is 0.600. The van der Waals surface area contributed by atoms with E-state index < -0.39 is 0 Å². The molecule has 0 saturated carbocycles. The summed E-state index contributed by atoms with van der Waals surface area (Å²) >= 11 is 3.17. The maximum atomic E-state index is 10.7. The molecule has 0 fully saturated rings. The minimum atomic E-state index is 0. The van der Waals surface area contributed by atoms with Gasteiger partial charge >= 0.3 is 18.9 Å². The fourth-order valence-electron chi connectivity index (χ4n) is 0.681. The van der Waals surface area contributed by atoms with Crippen molar-refractivity contribution in [2.45, 2.75) is 6.42 Å². The van der Waals surface area contributed by atoms with E-state index in [0.29, 0.717) is 0 Å². The first-order valence-electron chi connectivity index (χ1n) is 2.48. The van der Waals surface area contributed by atoms with E-state index in [1.165, 1.54) is 0 Å². The van der Waals surface area contributed by atoms with Crippen LogP contribution >= 0.6 is 15.9 Å². The molecule has 0 unspecified atom stereocenters. The Morgan fingerprint density at radius 3 is 2.33 bits per heavy atom. The van der Waals surface area contributed by atoms with Crippen molar-refractivity contribution in [3.8, 4) is 0 Å². The molecule has 0 N–H and O–H groups in total. The van der Waals surface area contributed by atoms with Crippen molar-refractivity contribution in [3.63, 3.8) is 0 Å². The molecule has 0 radical (unpaired) electrons. The second-order valence-electron chi connectivity index (χ2n) is 1.88. The normalized spacial score (nSPS) is 18.2. The molecule has 0 saturated heterocycles. The summed E-state index contributed by atoms with van der Waals surface area (Å²) in [7, 11) is 1.80. The predicted octanol–water partition coefficient (Wildman–Crippen LogP) is -2.75. The molecule has 4 heteroatoms. The van der Waals surface area contributed by atoms with Crippen LogP contribution in [0.15, 0.2) is 10.4 Å². The SMILES string of the molecule is CN1CCC(Br)=C1[O-].[Li+]. The molecule has 0 aromatic carbocycles. The number of halogens is 1. The summed E-state index contributed by atoms with van der Waals surface area (Å²) in [4.78, 5) is 1.70. The van der Waals surface area contributed by atoms with Crippen LogP contribution in [0.5, 0.6) is 0 Å². The Hall–Kier alpha value is 0.417. The molecule has 46 valence electrons. The van der Waals surface area contributed by atoms with Crippen molar-refractivity contribution in [2.24, 2.45) is 0 Å². The van der Waals surface area contributed by atoms with Gasteiger partial charge in [0.2, 0.25) is 0 Å². The van der Waals surface area contributed by atoms with Gasteiger partial charge in [-0.05, 0) is 12.3 Å². The third kappa shape index (κ3) is 1.93. The van der Waals surface area contributed by atoms with E-state index in [1.54, 1.807) is 11.9 Å². The molecule has 1 aliphatic heterocycles. The third-order valence-electron chi connectivity index (χ3n) is 1.25. The van der Waals surface area contributed by atoms with E-state index in [1.807, 2.05) is 0 Å². The van der Waals surface area contributed by atoms with Crippen molar-refractivity contribution in [1.82, 2.24) is 4.90 Å². The van der Waals surface area contributed by atoms with Crippen LogP contribution in [0.25, 0.3) is 0 Å². The summed E-state index contributed by atoms with van der Waals surface area (Å²) in [6, 6.07) is 0. The van der Waals surface area contributed by atoms with Crippen molar-refractivity contribution in [1.29, 1.82) is 0 Å². The zero-order valence-electron chi connectivity index (χ0n) is 5.65. The van der Waals surface area contributed by atoms with Gasteiger partial charge in [-0.1, -0.05) is 15.9 Å². The van der Waals surface area contributed by atoms with Gasteiger partial charge in [0.05, 0.1) is 0 Å². The van der Waals surface area contributed by atoms with E-state index >= 15 is 0 Å². The summed E-state index contributed by atoms with van der Waals surface area (Å²) < 4.78 is 0.806. The van der Waals surface area contributed by atoms with Crippen molar-refractivity contribution < 1.29 is 24.0 Å². The van der Waals surface area contributed by atoms with Crippen molar-refractivity contribution in [3.05, 3.63) is 10.4 Å². The van der Waals surface area contributed by atoms with Gasteiger partial charge in [-0.2, -0.15) is 0 Å². The van der Waals surface area contributed by atoms with Gasteiger partial charge < -0.3 is 10.0 Å². The van der Waals surface area contributed by atoms with E-state index in [4.69, 9.17) is 0 Å². The predicted molar refractivity (Wildman–Crippen MR) is 33.2 cm³/mol. The Balaban J connectivity index is 0.000000640. The van der Waals surface area contributed by atoms with Gasteiger partial charge in [0.1, 0.15) is 0 Å². The molecule has 1 aliphatic rings. The zero-order valence-corrected chi connectivity index (χ0v) is 7.23. The Labute approximate surface area is 75.2 Å². The first kappa shape index (κ1) is 9.42. The summed E-state index contributed by atoms with van der Waals surface area (Å²) in [6.07, 6.45) is 0.870. The van der Waals surface area contributed by atoms with Crippen LogP contribution in [-0.2, 0) is 0 Å². The van der Waals surface area contributed by atoms with Crippen molar-refractivity contribution in [2.75, 3.05) is 13.6 Å².